The minimum absolute atomic E-state index is 0.135. The summed E-state index contributed by atoms with van der Waals surface area (Å²) in [4.78, 5) is 1.46. The smallest absolute Gasteiger partial charge is 0.242 e. The van der Waals surface area contributed by atoms with Crippen LogP contribution in [0.15, 0.2) is 53.4 Å². The van der Waals surface area contributed by atoms with Gasteiger partial charge >= 0.3 is 0 Å². The van der Waals surface area contributed by atoms with Crippen LogP contribution in [0.4, 0.5) is 5.69 Å². The van der Waals surface area contributed by atoms with E-state index < -0.39 is 10.0 Å². The Hall–Kier alpha value is -2.78. The highest BCUT2D eigenvalue weighted by atomic mass is 32.2. The third-order valence-electron chi connectivity index (χ3n) is 3.65. The van der Waals surface area contributed by atoms with Gasteiger partial charge in [0.2, 0.25) is 15.8 Å². The van der Waals surface area contributed by atoms with Crippen LogP contribution < -0.4 is 10.0 Å². The molecule has 0 spiro atoms. The number of benzene rings is 2. The molecule has 0 aliphatic heterocycles. The molecule has 2 aromatic carbocycles. The number of sulfonamides is 1. The van der Waals surface area contributed by atoms with E-state index in [1.165, 1.54) is 11.8 Å². The van der Waals surface area contributed by atoms with Gasteiger partial charge in [-0.1, -0.05) is 36.4 Å². The Balaban J connectivity index is 2.08. The number of nitrogens with zero attached hydrogens (tertiary/aromatic N) is 4. The molecule has 0 saturated heterocycles. The maximum absolute atomic E-state index is 12.4. The van der Waals surface area contributed by atoms with Crippen molar-refractivity contribution in [2.75, 3.05) is 12.4 Å². The van der Waals surface area contributed by atoms with Crippen LogP contribution in [-0.4, -0.2) is 35.7 Å². The zero-order valence-electron chi connectivity index (χ0n) is 13.8. The van der Waals surface area contributed by atoms with Crippen LogP contribution >= 0.6 is 0 Å². The molecule has 0 aliphatic rings. The van der Waals surface area contributed by atoms with E-state index in [1.807, 2.05) is 30.3 Å². The van der Waals surface area contributed by atoms with Gasteiger partial charge in [-0.3, -0.25) is 0 Å². The van der Waals surface area contributed by atoms with Crippen molar-refractivity contribution in [2.24, 2.45) is 7.05 Å². The molecule has 1 aromatic heterocycles. The lowest BCUT2D eigenvalue weighted by atomic mass is 10.1. The van der Waals surface area contributed by atoms with Crippen LogP contribution in [0.25, 0.3) is 11.4 Å². The van der Waals surface area contributed by atoms with E-state index in [-0.39, 0.29) is 4.90 Å². The summed E-state index contributed by atoms with van der Waals surface area (Å²) in [5.74, 6) is 0.353. The van der Waals surface area contributed by atoms with Gasteiger partial charge in [0.05, 0.1) is 12.7 Å². The molecule has 2 N–H and O–H groups in total. The highest BCUT2D eigenvalue weighted by molar-refractivity contribution is 7.89. The van der Waals surface area contributed by atoms with E-state index in [2.05, 4.69) is 25.4 Å². The van der Waals surface area contributed by atoms with Crippen molar-refractivity contribution in [1.29, 1.82) is 0 Å². The van der Waals surface area contributed by atoms with Crippen molar-refractivity contribution in [3.8, 4) is 11.4 Å². The molecule has 0 amide bonds. The van der Waals surface area contributed by atoms with E-state index >= 15 is 0 Å². The first kappa shape index (κ1) is 17.1. The number of hydrogen-bond acceptors (Lipinski definition) is 6. The lowest BCUT2D eigenvalue weighted by Crippen LogP contribution is -2.20. The molecule has 0 aliphatic carbocycles. The molecule has 130 valence electrons. The minimum atomic E-state index is -3.65. The number of aromatic nitrogens is 4. The van der Waals surface area contributed by atoms with Crippen LogP contribution in [0.1, 0.15) is 5.56 Å². The van der Waals surface area contributed by atoms with Crippen molar-refractivity contribution in [3.05, 3.63) is 54.1 Å². The van der Waals surface area contributed by atoms with Gasteiger partial charge in [0.1, 0.15) is 4.90 Å². The second kappa shape index (κ2) is 6.99. The predicted molar refractivity (Wildman–Crippen MR) is 94.2 cm³/mol. The molecule has 25 heavy (non-hydrogen) atoms. The number of tetrazole rings is 1. The average molecular weight is 358 g/mol. The van der Waals surface area contributed by atoms with Gasteiger partial charge in [-0.25, -0.2) is 13.1 Å². The third kappa shape index (κ3) is 3.67. The van der Waals surface area contributed by atoms with Crippen LogP contribution in [0, 0.1) is 0 Å². The largest absolute Gasteiger partial charge is 0.379 e. The van der Waals surface area contributed by atoms with E-state index in [1.54, 1.807) is 25.2 Å². The van der Waals surface area contributed by atoms with Crippen molar-refractivity contribution >= 4 is 15.7 Å². The number of para-hydroxylation sites is 1. The fourth-order valence-corrected chi connectivity index (χ4v) is 3.34. The van der Waals surface area contributed by atoms with E-state index in [9.17, 15) is 8.42 Å². The quantitative estimate of drug-likeness (QED) is 0.691. The lowest BCUT2D eigenvalue weighted by molar-refractivity contribution is 0.588. The molecule has 8 nitrogen and oxygen atoms in total. The zero-order chi connectivity index (χ0) is 17.9. The highest BCUT2D eigenvalue weighted by Crippen LogP contribution is 2.31. The molecule has 0 bridgehead atoms. The fourth-order valence-electron chi connectivity index (χ4n) is 2.41. The summed E-state index contributed by atoms with van der Waals surface area (Å²) < 4.78 is 27.2. The van der Waals surface area contributed by atoms with Gasteiger partial charge in [0.15, 0.2) is 0 Å². The molecule has 0 atom stereocenters. The van der Waals surface area contributed by atoms with Crippen molar-refractivity contribution in [2.45, 2.75) is 11.4 Å². The highest BCUT2D eigenvalue weighted by Gasteiger charge is 2.21. The van der Waals surface area contributed by atoms with Crippen LogP contribution in [-0.2, 0) is 23.6 Å². The first-order chi connectivity index (χ1) is 12.0. The molecule has 3 aromatic rings. The lowest BCUT2D eigenvalue weighted by Gasteiger charge is -2.15. The van der Waals surface area contributed by atoms with Crippen LogP contribution in [0.2, 0.25) is 0 Å². The number of hydrogen-bond donors (Lipinski definition) is 2. The molecular weight excluding hydrogens is 340 g/mol. The monoisotopic (exact) mass is 358 g/mol. The van der Waals surface area contributed by atoms with Crippen molar-refractivity contribution in [3.63, 3.8) is 0 Å². The first-order valence-corrected chi connectivity index (χ1v) is 9.08. The van der Waals surface area contributed by atoms with E-state index in [4.69, 9.17) is 0 Å². The summed E-state index contributed by atoms with van der Waals surface area (Å²) >= 11 is 0. The third-order valence-corrected chi connectivity index (χ3v) is 5.10. The first-order valence-electron chi connectivity index (χ1n) is 7.60. The Morgan fingerprint density at radius 3 is 2.48 bits per heavy atom. The maximum Gasteiger partial charge on any atom is 0.242 e. The number of anilines is 1. The Morgan fingerprint density at radius 1 is 1.08 bits per heavy atom. The minimum Gasteiger partial charge on any atom is -0.379 e. The van der Waals surface area contributed by atoms with Gasteiger partial charge in [-0.2, -0.15) is 4.80 Å². The molecule has 3 rings (SSSR count). The topological polar surface area (TPSA) is 102 Å². The molecule has 0 radical (unpaired) electrons. The number of nitrogens with one attached hydrogen (secondary N) is 2. The zero-order valence-corrected chi connectivity index (χ0v) is 14.7. The molecule has 0 fully saturated rings. The second-order valence-corrected chi connectivity index (χ2v) is 7.18. The van der Waals surface area contributed by atoms with Gasteiger partial charge in [-0.05, 0) is 30.0 Å². The van der Waals surface area contributed by atoms with Crippen LogP contribution in [0.5, 0.6) is 0 Å². The summed E-state index contributed by atoms with van der Waals surface area (Å²) in [5, 5.41) is 15.2. The summed E-state index contributed by atoms with van der Waals surface area (Å²) in [6.07, 6.45) is 0. The molecule has 0 saturated carbocycles. The average Bonchev–Trinajstić information content (AvgIpc) is 3.06. The molecule has 1 heterocycles. The van der Waals surface area contributed by atoms with Gasteiger partial charge in [0, 0.05) is 12.1 Å². The van der Waals surface area contributed by atoms with Crippen molar-refractivity contribution < 1.29 is 8.42 Å². The van der Waals surface area contributed by atoms with Gasteiger partial charge in [-0.15, -0.1) is 10.2 Å². The summed E-state index contributed by atoms with van der Waals surface area (Å²) in [5.41, 5.74) is 2.03. The maximum atomic E-state index is 12.4. The standard InChI is InChI=1S/C16H18N6O2S/c1-17-25(23,24)14-10-6-9-13(16-19-21-22(2)20-16)15(14)18-11-12-7-4-3-5-8-12/h3-10,17-18H,11H2,1-2H3. The Morgan fingerprint density at radius 2 is 1.84 bits per heavy atom. The predicted octanol–water partition coefficient (Wildman–Crippen LogP) is 1.40. The Bertz CT molecular complexity index is 969. The summed E-state index contributed by atoms with van der Waals surface area (Å²) in [6, 6.07) is 14.7. The van der Waals surface area contributed by atoms with Crippen LogP contribution in [0.3, 0.4) is 0 Å². The van der Waals surface area contributed by atoms with E-state index in [0.717, 1.165) is 5.56 Å². The second-order valence-electron chi connectivity index (χ2n) is 5.33. The number of aryl methyl sites for hydroxylation is 1. The Labute approximate surface area is 145 Å². The summed E-state index contributed by atoms with van der Waals surface area (Å²) in [6.45, 7) is 0.463. The molecular formula is C16H18N6O2S. The molecule has 9 heteroatoms. The van der Waals surface area contributed by atoms with Gasteiger partial charge < -0.3 is 5.32 Å². The number of rotatable bonds is 6. The van der Waals surface area contributed by atoms with Gasteiger partial charge in [0.25, 0.3) is 0 Å². The normalized spacial score (nSPS) is 11.4. The SMILES string of the molecule is CNS(=O)(=O)c1cccc(-c2nnn(C)n2)c1NCc1ccccc1. The summed E-state index contributed by atoms with van der Waals surface area (Å²) in [7, 11) is -0.619. The molecule has 0 unspecified atom stereocenters. The fraction of sp³-hybridized carbons (Fsp3) is 0.188. The Kier molecular flexibility index (Phi) is 4.77. The van der Waals surface area contributed by atoms with E-state index in [0.29, 0.717) is 23.6 Å². The van der Waals surface area contributed by atoms with Crippen molar-refractivity contribution in [1.82, 2.24) is 24.9 Å².